The van der Waals surface area contributed by atoms with Crippen molar-refractivity contribution in [2.45, 2.75) is 25.6 Å². The zero-order valence-electron chi connectivity index (χ0n) is 9.34. The molecule has 16 heavy (non-hydrogen) atoms. The normalized spacial score (nSPS) is 14.5. The van der Waals surface area contributed by atoms with Crippen LogP contribution < -0.4 is 4.74 Å². The standard InChI is InChI=1S/C12H18O4/c1-2-16-11-6-4-3-5-9(11)12(15)10(14)7-8-13/h3-6,10,12-15H,2,7-8H2,1H3. The molecule has 0 heterocycles. The summed E-state index contributed by atoms with van der Waals surface area (Å²) in [5.41, 5.74) is 0.547. The van der Waals surface area contributed by atoms with Gasteiger partial charge in [-0.3, -0.25) is 0 Å². The van der Waals surface area contributed by atoms with Gasteiger partial charge in [-0.1, -0.05) is 18.2 Å². The van der Waals surface area contributed by atoms with E-state index >= 15 is 0 Å². The van der Waals surface area contributed by atoms with Crippen LogP contribution in [0.15, 0.2) is 24.3 Å². The third-order valence-electron chi connectivity index (χ3n) is 2.33. The Hall–Kier alpha value is -1.10. The van der Waals surface area contributed by atoms with Crippen LogP contribution >= 0.6 is 0 Å². The summed E-state index contributed by atoms with van der Waals surface area (Å²) in [5, 5.41) is 28.2. The maximum absolute atomic E-state index is 9.89. The predicted octanol–water partition coefficient (Wildman–Crippen LogP) is 0.862. The minimum absolute atomic E-state index is 0.141. The van der Waals surface area contributed by atoms with Gasteiger partial charge in [-0.05, 0) is 19.4 Å². The fourth-order valence-corrected chi connectivity index (χ4v) is 1.51. The predicted molar refractivity (Wildman–Crippen MR) is 60.3 cm³/mol. The maximum atomic E-state index is 9.89. The molecule has 0 bridgehead atoms. The molecule has 1 aromatic carbocycles. The Bertz CT molecular complexity index is 314. The molecule has 0 aliphatic heterocycles. The summed E-state index contributed by atoms with van der Waals surface area (Å²) in [6, 6.07) is 7.02. The van der Waals surface area contributed by atoms with E-state index in [1.54, 1.807) is 24.3 Å². The van der Waals surface area contributed by atoms with Gasteiger partial charge in [0, 0.05) is 12.2 Å². The van der Waals surface area contributed by atoms with Gasteiger partial charge in [0.15, 0.2) is 0 Å². The third kappa shape index (κ3) is 3.20. The van der Waals surface area contributed by atoms with Crippen LogP contribution in [0.3, 0.4) is 0 Å². The van der Waals surface area contributed by atoms with E-state index in [2.05, 4.69) is 0 Å². The largest absolute Gasteiger partial charge is 0.493 e. The summed E-state index contributed by atoms with van der Waals surface area (Å²) in [5.74, 6) is 0.564. The number of ether oxygens (including phenoxy) is 1. The van der Waals surface area contributed by atoms with Crippen molar-refractivity contribution in [3.63, 3.8) is 0 Å². The fraction of sp³-hybridized carbons (Fsp3) is 0.500. The lowest BCUT2D eigenvalue weighted by Gasteiger charge is -2.19. The van der Waals surface area contributed by atoms with Crippen LogP contribution in [0.2, 0.25) is 0 Å². The third-order valence-corrected chi connectivity index (χ3v) is 2.33. The summed E-state index contributed by atoms with van der Waals surface area (Å²) >= 11 is 0. The van der Waals surface area contributed by atoms with Crippen molar-refractivity contribution in [3.8, 4) is 5.75 Å². The first kappa shape index (κ1) is 13.0. The van der Waals surface area contributed by atoms with Crippen LogP contribution in [0.1, 0.15) is 25.0 Å². The van der Waals surface area contributed by atoms with Gasteiger partial charge in [0.05, 0.1) is 12.7 Å². The van der Waals surface area contributed by atoms with Gasteiger partial charge in [0.2, 0.25) is 0 Å². The highest BCUT2D eigenvalue weighted by molar-refractivity contribution is 5.35. The molecule has 3 N–H and O–H groups in total. The number of rotatable bonds is 6. The molecule has 0 saturated carbocycles. The van der Waals surface area contributed by atoms with E-state index in [-0.39, 0.29) is 13.0 Å². The molecular formula is C12H18O4. The number of hydrogen-bond acceptors (Lipinski definition) is 4. The zero-order chi connectivity index (χ0) is 12.0. The first-order chi connectivity index (χ1) is 7.70. The van der Waals surface area contributed by atoms with Crippen LogP contribution in [0.5, 0.6) is 5.75 Å². The molecule has 0 radical (unpaired) electrons. The first-order valence-corrected chi connectivity index (χ1v) is 5.39. The molecule has 2 unspecified atom stereocenters. The summed E-state index contributed by atoms with van der Waals surface area (Å²) in [6.07, 6.45) is -1.87. The Morgan fingerprint density at radius 1 is 1.25 bits per heavy atom. The van der Waals surface area contributed by atoms with Crippen LogP contribution in [0.4, 0.5) is 0 Å². The second-order valence-corrected chi connectivity index (χ2v) is 3.50. The molecule has 0 amide bonds. The van der Waals surface area contributed by atoms with E-state index < -0.39 is 12.2 Å². The van der Waals surface area contributed by atoms with Gasteiger partial charge in [-0.2, -0.15) is 0 Å². The van der Waals surface area contributed by atoms with Gasteiger partial charge >= 0.3 is 0 Å². The lowest BCUT2D eigenvalue weighted by atomic mass is 10.0. The van der Waals surface area contributed by atoms with Gasteiger partial charge in [-0.25, -0.2) is 0 Å². The molecule has 1 aromatic rings. The van der Waals surface area contributed by atoms with E-state index in [1.165, 1.54) is 0 Å². The number of aliphatic hydroxyl groups is 3. The van der Waals surface area contributed by atoms with Gasteiger partial charge in [0.25, 0.3) is 0 Å². The van der Waals surface area contributed by atoms with E-state index in [9.17, 15) is 10.2 Å². The fourth-order valence-electron chi connectivity index (χ4n) is 1.51. The molecule has 4 nitrogen and oxygen atoms in total. The first-order valence-electron chi connectivity index (χ1n) is 5.39. The second kappa shape index (κ2) is 6.48. The van der Waals surface area contributed by atoms with Gasteiger partial charge < -0.3 is 20.1 Å². The SMILES string of the molecule is CCOc1ccccc1C(O)C(O)CCO. The van der Waals surface area contributed by atoms with E-state index in [0.29, 0.717) is 17.9 Å². The highest BCUT2D eigenvalue weighted by atomic mass is 16.5. The highest BCUT2D eigenvalue weighted by Gasteiger charge is 2.20. The summed E-state index contributed by atoms with van der Waals surface area (Å²) in [4.78, 5) is 0. The second-order valence-electron chi connectivity index (χ2n) is 3.50. The minimum Gasteiger partial charge on any atom is -0.493 e. The summed E-state index contributed by atoms with van der Waals surface area (Å²) < 4.78 is 5.35. The van der Waals surface area contributed by atoms with Gasteiger partial charge in [0.1, 0.15) is 11.9 Å². The smallest absolute Gasteiger partial charge is 0.125 e. The Morgan fingerprint density at radius 3 is 2.56 bits per heavy atom. The number of para-hydroxylation sites is 1. The summed E-state index contributed by atoms with van der Waals surface area (Å²) in [6.45, 7) is 2.20. The molecule has 4 heteroatoms. The Balaban J connectivity index is 2.84. The molecule has 2 atom stereocenters. The van der Waals surface area contributed by atoms with Crippen LogP contribution in [0.25, 0.3) is 0 Å². The lowest BCUT2D eigenvalue weighted by molar-refractivity contribution is 0.00281. The van der Waals surface area contributed by atoms with Crippen molar-refractivity contribution in [2.24, 2.45) is 0 Å². The quantitative estimate of drug-likeness (QED) is 0.673. The van der Waals surface area contributed by atoms with Gasteiger partial charge in [-0.15, -0.1) is 0 Å². The number of aliphatic hydroxyl groups excluding tert-OH is 3. The van der Waals surface area contributed by atoms with E-state index in [0.717, 1.165) is 0 Å². The molecule has 0 aliphatic carbocycles. The average Bonchev–Trinajstić information content (AvgIpc) is 2.29. The van der Waals surface area contributed by atoms with Crippen molar-refractivity contribution >= 4 is 0 Å². The monoisotopic (exact) mass is 226 g/mol. The number of benzene rings is 1. The minimum atomic E-state index is -1.03. The van der Waals surface area contributed by atoms with Crippen LogP contribution in [-0.2, 0) is 0 Å². The Morgan fingerprint density at radius 2 is 1.94 bits per heavy atom. The molecule has 0 aliphatic rings. The van der Waals surface area contributed by atoms with Crippen molar-refractivity contribution in [2.75, 3.05) is 13.2 Å². The molecule has 0 saturated heterocycles. The lowest BCUT2D eigenvalue weighted by Crippen LogP contribution is -2.20. The molecule has 0 fully saturated rings. The molecule has 0 spiro atoms. The molecule has 90 valence electrons. The Kier molecular flexibility index (Phi) is 5.25. The zero-order valence-corrected chi connectivity index (χ0v) is 9.34. The average molecular weight is 226 g/mol. The van der Waals surface area contributed by atoms with Crippen molar-refractivity contribution in [1.82, 2.24) is 0 Å². The number of hydrogen-bond donors (Lipinski definition) is 3. The molecular weight excluding hydrogens is 208 g/mol. The van der Waals surface area contributed by atoms with Crippen molar-refractivity contribution in [1.29, 1.82) is 0 Å². The van der Waals surface area contributed by atoms with Crippen LogP contribution in [-0.4, -0.2) is 34.6 Å². The summed E-state index contributed by atoms with van der Waals surface area (Å²) in [7, 11) is 0. The van der Waals surface area contributed by atoms with Crippen molar-refractivity contribution < 1.29 is 20.1 Å². The van der Waals surface area contributed by atoms with E-state index in [4.69, 9.17) is 9.84 Å². The maximum Gasteiger partial charge on any atom is 0.125 e. The van der Waals surface area contributed by atoms with Crippen molar-refractivity contribution in [3.05, 3.63) is 29.8 Å². The highest BCUT2D eigenvalue weighted by Crippen LogP contribution is 2.28. The molecule has 1 rings (SSSR count). The Labute approximate surface area is 95.1 Å². The molecule has 0 aromatic heterocycles. The van der Waals surface area contributed by atoms with E-state index in [1.807, 2.05) is 6.92 Å². The van der Waals surface area contributed by atoms with Crippen LogP contribution in [0, 0.1) is 0 Å². The topological polar surface area (TPSA) is 69.9 Å².